The van der Waals surface area contributed by atoms with Crippen molar-refractivity contribution in [3.63, 3.8) is 0 Å². The minimum absolute atomic E-state index is 0.0404. The number of carbonyl (C=O) groups is 1. The molecule has 2 aromatic carbocycles. The number of rotatable bonds is 8. The second-order valence-corrected chi connectivity index (χ2v) is 9.55. The zero-order chi connectivity index (χ0) is 19.9. The molecule has 0 radical (unpaired) electrons. The normalized spacial score (nSPS) is 10.7. The van der Waals surface area contributed by atoms with Gasteiger partial charge in [-0.25, -0.2) is 0 Å². The van der Waals surface area contributed by atoms with Crippen LogP contribution < -0.4 is 10.1 Å². The zero-order valence-electron chi connectivity index (χ0n) is 15.9. The number of thioether (sulfide) groups is 2. The van der Waals surface area contributed by atoms with Gasteiger partial charge in [0.15, 0.2) is 8.68 Å². The molecular formula is C20H21N3O2S3. The largest absolute Gasteiger partial charge is 0.497 e. The van der Waals surface area contributed by atoms with Crippen LogP contribution in [-0.4, -0.2) is 29.0 Å². The highest BCUT2D eigenvalue weighted by atomic mass is 32.2. The van der Waals surface area contributed by atoms with Crippen molar-refractivity contribution in [1.29, 1.82) is 0 Å². The molecule has 146 valence electrons. The van der Waals surface area contributed by atoms with Gasteiger partial charge >= 0.3 is 0 Å². The van der Waals surface area contributed by atoms with Crippen molar-refractivity contribution < 1.29 is 9.53 Å². The molecule has 0 aliphatic rings. The van der Waals surface area contributed by atoms with Gasteiger partial charge in [-0.2, -0.15) is 0 Å². The maximum Gasteiger partial charge on any atom is 0.234 e. The Morgan fingerprint density at radius 2 is 1.79 bits per heavy atom. The Morgan fingerprint density at radius 3 is 2.50 bits per heavy atom. The SMILES string of the molecule is COc1ccc(CSc2nnc(SCC(=O)Nc3cc(C)ccc3C)s2)cc1. The maximum atomic E-state index is 12.2. The number of methoxy groups -OCH3 is 1. The lowest BCUT2D eigenvalue weighted by molar-refractivity contribution is -0.113. The van der Waals surface area contributed by atoms with Crippen LogP contribution in [0.3, 0.4) is 0 Å². The summed E-state index contributed by atoms with van der Waals surface area (Å²) >= 11 is 4.56. The van der Waals surface area contributed by atoms with Crippen LogP contribution in [0.2, 0.25) is 0 Å². The van der Waals surface area contributed by atoms with Crippen LogP contribution in [0.5, 0.6) is 5.75 Å². The minimum Gasteiger partial charge on any atom is -0.497 e. The zero-order valence-corrected chi connectivity index (χ0v) is 18.3. The van der Waals surface area contributed by atoms with Crippen molar-refractivity contribution in [3.05, 3.63) is 59.2 Å². The van der Waals surface area contributed by atoms with E-state index in [1.807, 2.05) is 56.3 Å². The summed E-state index contributed by atoms with van der Waals surface area (Å²) < 4.78 is 6.86. The van der Waals surface area contributed by atoms with Gasteiger partial charge in [0.25, 0.3) is 0 Å². The lowest BCUT2D eigenvalue weighted by atomic mass is 10.1. The summed E-state index contributed by atoms with van der Waals surface area (Å²) in [6.07, 6.45) is 0. The van der Waals surface area contributed by atoms with Crippen LogP contribution >= 0.6 is 34.9 Å². The highest BCUT2D eigenvalue weighted by molar-refractivity contribution is 8.03. The minimum atomic E-state index is -0.0404. The third-order valence-electron chi connectivity index (χ3n) is 3.90. The Bertz CT molecular complexity index is 942. The fourth-order valence-electron chi connectivity index (χ4n) is 2.36. The van der Waals surface area contributed by atoms with Gasteiger partial charge in [0.1, 0.15) is 5.75 Å². The molecule has 8 heteroatoms. The molecule has 1 N–H and O–H groups in total. The van der Waals surface area contributed by atoms with E-state index in [1.165, 1.54) is 28.7 Å². The third kappa shape index (κ3) is 5.98. The number of benzene rings is 2. The molecular weight excluding hydrogens is 410 g/mol. The van der Waals surface area contributed by atoms with E-state index >= 15 is 0 Å². The number of hydrogen-bond acceptors (Lipinski definition) is 7. The average molecular weight is 432 g/mol. The van der Waals surface area contributed by atoms with E-state index in [1.54, 1.807) is 18.9 Å². The van der Waals surface area contributed by atoms with Gasteiger partial charge in [0.2, 0.25) is 5.91 Å². The first-order chi connectivity index (χ1) is 13.5. The monoisotopic (exact) mass is 431 g/mol. The molecule has 28 heavy (non-hydrogen) atoms. The molecule has 0 aliphatic heterocycles. The van der Waals surface area contributed by atoms with Gasteiger partial charge < -0.3 is 10.1 Å². The fourth-order valence-corrected chi connectivity index (χ4v) is 5.14. The first-order valence-corrected chi connectivity index (χ1v) is 11.4. The van der Waals surface area contributed by atoms with Crippen LogP contribution in [0.25, 0.3) is 0 Å². The lowest BCUT2D eigenvalue weighted by Gasteiger charge is -2.08. The van der Waals surface area contributed by atoms with E-state index in [4.69, 9.17) is 4.74 Å². The maximum absolute atomic E-state index is 12.2. The predicted molar refractivity (Wildman–Crippen MR) is 118 cm³/mol. The first-order valence-electron chi connectivity index (χ1n) is 8.62. The number of ether oxygens (including phenoxy) is 1. The van der Waals surface area contributed by atoms with Gasteiger partial charge in [-0.05, 0) is 48.7 Å². The molecule has 0 spiro atoms. The van der Waals surface area contributed by atoms with Crippen LogP contribution in [-0.2, 0) is 10.5 Å². The summed E-state index contributed by atoms with van der Waals surface area (Å²) in [6, 6.07) is 14.0. The number of anilines is 1. The Morgan fingerprint density at radius 1 is 1.07 bits per heavy atom. The molecule has 3 rings (SSSR count). The second-order valence-electron chi connectivity index (χ2n) is 6.13. The molecule has 3 aromatic rings. The van der Waals surface area contributed by atoms with Crippen LogP contribution in [0.4, 0.5) is 5.69 Å². The molecule has 5 nitrogen and oxygen atoms in total. The molecule has 1 aromatic heterocycles. The van der Waals surface area contributed by atoms with Crippen molar-refractivity contribution in [2.75, 3.05) is 18.2 Å². The van der Waals surface area contributed by atoms with Gasteiger partial charge in [0.05, 0.1) is 12.9 Å². The van der Waals surface area contributed by atoms with Crippen molar-refractivity contribution in [3.8, 4) is 5.75 Å². The molecule has 0 aliphatic carbocycles. The van der Waals surface area contributed by atoms with E-state index in [0.717, 1.165) is 37.0 Å². The molecule has 0 saturated carbocycles. The Balaban J connectivity index is 1.47. The standard InChI is InChI=1S/C20H21N3O2S3/c1-13-4-5-14(2)17(10-13)21-18(24)12-27-20-23-22-19(28-20)26-11-15-6-8-16(25-3)9-7-15/h4-10H,11-12H2,1-3H3,(H,21,24). The molecule has 0 bridgehead atoms. The van der Waals surface area contributed by atoms with E-state index < -0.39 is 0 Å². The van der Waals surface area contributed by atoms with E-state index in [0.29, 0.717) is 5.75 Å². The third-order valence-corrected chi connectivity index (χ3v) is 7.16. The van der Waals surface area contributed by atoms with Crippen LogP contribution in [0.15, 0.2) is 51.1 Å². The highest BCUT2D eigenvalue weighted by Crippen LogP contribution is 2.31. The predicted octanol–water partition coefficient (Wildman–Crippen LogP) is 5.19. The molecule has 0 fully saturated rings. The summed E-state index contributed by atoms with van der Waals surface area (Å²) in [7, 11) is 1.66. The first kappa shape index (κ1) is 20.7. The van der Waals surface area contributed by atoms with Crippen molar-refractivity contribution in [2.24, 2.45) is 0 Å². The number of carbonyl (C=O) groups excluding carboxylic acids is 1. The number of aromatic nitrogens is 2. The van der Waals surface area contributed by atoms with Gasteiger partial charge in [0, 0.05) is 11.4 Å². The highest BCUT2D eigenvalue weighted by Gasteiger charge is 2.10. The Labute approximate surface area is 177 Å². The summed E-state index contributed by atoms with van der Waals surface area (Å²) in [5.41, 5.74) is 4.23. The van der Waals surface area contributed by atoms with Gasteiger partial charge in [-0.3, -0.25) is 4.79 Å². The van der Waals surface area contributed by atoms with E-state index in [2.05, 4.69) is 15.5 Å². The molecule has 0 saturated heterocycles. The summed E-state index contributed by atoms with van der Waals surface area (Å²) in [5.74, 6) is 1.94. The Kier molecular flexibility index (Phi) is 7.36. The van der Waals surface area contributed by atoms with Crippen molar-refractivity contribution in [1.82, 2.24) is 10.2 Å². The second kappa shape index (κ2) is 9.95. The van der Waals surface area contributed by atoms with E-state index in [9.17, 15) is 4.79 Å². The fraction of sp³-hybridized carbons (Fsp3) is 0.250. The summed E-state index contributed by atoms with van der Waals surface area (Å²) in [6.45, 7) is 4.00. The molecule has 0 atom stereocenters. The number of aryl methyl sites for hydroxylation is 2. The summed E-state index contributed by atoms with van der Waals surface area (Å²) in [5, 5.41) is 11.3. The number of nitrogens with zero attached hydrogens (tertiary/aromatic N) is 2. The number of hydrogen-bond donors (Lipinski definition) is 1. The van der Waals surface area contributed by atoms with Crippen LogP contribution in [0.1, 0.15) is 16.7 Å². The quantitative estimate of drug-likeness (QED) is 0.496. The van der Waals surface area contributed by atoms with Crippen molar-refractivity contribution in [2.45, 2.75) is 28.3 Å². The number of nitrogens with one attached hydrogen (secondary N) is 1. The summed E-state index contributed by atoms with van der Waals surface area (Å²) in [4.78, 5) is 12.2. The molecule has 0 unspecified atom stereocenters. The Hall–Kier alpha value is -2.03. The van der Waals surface area contributed by atoms with Crippen molar-refractivity contribution >= 4 is 46.5 Å². The smallest absolute Gasteiger partial charge is 0.234 e. The van der Waals surface area contributed by atoms with Crippen LogP contribution in [0, 0.1) is 13.8 Å². The number of amides is 1. The molecule has 1 heterocycles. The average Bonchev–Trinajstić information content (AvgIpc) is 3.16. The lowest BCUT2D eigenvalue weighted by Crippen LogP contribution is -2.14. The molecule has 1 amide bonds. The van der Waals surface area contributed by atoms with Gasteiger partial charge in [-0.1, -0.05) is 59.1 Å². The topological polar surface area (TPSA) is 64.1 Å². The van der Waals surface area contributed by atoms with E-state index in [-0.39, 0.29) is 5.91 Å². The van der Waals surface area contributed by atoms with Gasteiger partial charge in [-0.15, -0.1) is 10.2 Å².